The molecule has 3 aromatic rings. The number of aryl methyl sites for hydroxylation is 1. The molecule has 0 saturated carbocycles. The maximum Gasteiger partial charge on any atom is 0.220 e. The first kappa shape index (κ1) is 16.6. The Bertz CT molecular complexity index is 785. The van der Waals surface area contributed by atoms with Crippen LogP contribution in [0.1, 0.15) is 12.8 Å². The highest BCUT2D eigenvalue weighted by Crippen LogP contribution is 2.17. The van der Waals surface area contributed by atoms with Gasteiger partial charge in [0, 0.05) is 47.9 Å². The van der Waals surface area contributed by atoms with E-state index < -0.39 is 0 Å². The van der Waals surface area contributed by atoms with Crippen molar-refractivity contribution in [3.63, 3.8) is 0 Å². The van der Waals surface area contributed by atoms with E-state index in [0.29, 0.717) is 13.0 Å². The Labute approximate surface area is 146 Å². The SMILES string of the molecule is O=C(CCSc1ccccc1)NCCCn1ccc2cccnc21. The Balaban J connectivity index is 1.33. The first-order valence-corrected chi connectivity index (χ1v) is 9.16. The van der Waals surface area contributed by atoms with Crippen molar-refractivity contribution in [2.75, 3.05) is 12.3 Å². The third kappa shape index (κ3) is 4.61. The van der Waals surface area contributed by atoms with E-state index in [0.717, 1.165) is 29.8 Å². The maximum absolute atomic E-state index is 11.9. The third-order valence-corrected chi connectivity index (χ3v) is 4.78. The summed E-state index contributed by atoms with van der Waals surface area (Å²) in [5.74, 6) is 0.927. The number of benzene rings is 1. The molecule has 0 bridgehead atoms. The normalized spacial score (nSPS) is 10.8. The molecule has 1 aromatic carbocycles. The predicted octanol–water partition coefficient (Wildman–Crippen LogP) is 3.73. The summed E-state index contributed by atoms with van der Waals surface area (Å²) in [4.78, 5) is 17.5. The van der Waals surface area contributed by atoms with Crippen LogP contribution in [0, 0.1) is 0 Å². The number of hydrogen-bond acceptors (Lipinski definition) is 3. The summed E-state index contributed by atoms with van der Waals surface area (Å²) < 4.78 is 2.13. The quantitative estimate of drug-likeness (QED) is 0.502. The zero-order valence-electron chi connectivity index (χ0n) is 13.5. The molecule has 5 heteroatoms. The average Bonchev–Trinajstić information content (AvgIpc) is 3.03. The van der Waals surface area contributed by atoms with Gasteiger partial charge in [-0.3, -0.25) is 4.79 Å². The molecule has 24 heavy (non-hydrogen) atoms. The van der Waals surface area contributed by atoms with Crippen LogP contribution in [-0.2, 0) is 11.3 Å². The molecule has 1 amide bonds. The fraction of sp³-hybridized carbons (Fsp3) is 0.263. The minimum atomic E-state index is 0.119. The van der Waals surface area contributed by atoms with Gasteiger partial charge >= 0.3 is 0 Å². The number of pyridine rings is 1. The fourth-order valence-electron chi connectivity index (χ4n) is 2.54. The Hall–Kier alpha value is -2.27. The van der Waals surface area contributed by atoms with E-state index in [4.69, 9.17) is 0 Å². The lowest BCUT2D eigenvalue weighted by molar-refractivity contribution is -0.120. The van der Waals surface area contributed by atoms with Crippen molar-refractivity contribution in [1.82, 2.24) is 14.9 Å². The summed E-state index contributed by atoms with van der Waals surface area (Å²) in [5.41, 5.74) is 1.00. The van der Waals surface area contributed by atoms with E-state index in [2.05, 4.69) is 45.3 Å². The smallest absolute Gasteiger partial charge is 0.220 e. The van der Waals surface area contributed by atoms with Gasteiger partial charge in [-0.05, 0) is 36.8 Å². The van der Waals surface area contributed by atoms with E-state index in [-0.39, 0.29) is 5.91 Å². The van der Waals surface area contributed by atoms with Crippen molar-refractivity contribution >= 4 is 28.7 Å². The number of nitrogens with zero attached hydrogens (tertiary/aromatic N) is 2. The Morgan fingerprint density at radius 2 is 2.00 bits per heavy atom. The molecule has 0 aliphatic rings. The molecule has 0 fully saturated rings. The molecular weight excluding hydrogens is 318 g/mol. The van der Waals surface area contributed by atoms with E-state index in [1.165, 1.54) is 4.90 Å². The molecule has 3 rings (SSSR count). The van der Waals surface area contributed by atoms with Gasteiger partial charge in [0.2, 0.25) is 5.91 Å². The number of carbonyl (C=O) groups is 1. The molecule has 0 atom stereocenters. The second-order valence-corrected chi connectivity index (χ2v) is 6.71. The summed E-state index contributed by atoms with van der Waals surface area (Å²) >= 11 is 1.71. The molecular formula is C19H21N3OS. The van der Waals surface area contributed by atoms with Gasteiger partial charge in [-0.25, -0.2) is 4.98 Å². The Morgan fingerprint density at radius 1 is 1.12 bits per heavy atom. The van der Waals surface area contributed by atoms with E-state index in [9.17, 15) is 4.79 Å². The van der Waals surface area contributed by atoms with Crippen LogP contribution in [0.25, 0.3) is 11.0 Å². The van der Waals surface area contributed by atoms with Crippen molar-refractivity contribution in [3.8, 4) is 0 Å². The van der Waals surface area contributed by atoms with Crippen molar-refractivity contribution in [3.05, 3.63) is 60.9 Å². The van der Waals surface area contributed by atoms with Crippen LogP contribution in [0.15, 0.2) is 65.8 Å². The number of fused-ring (bicyclic) bond motifs is 1. The molecule has 0 aliphatic carbocycles. The van der Waals surface area contributed by atoms with Gasteiger partial charge in [0.05, 0.1) is 0 Å². The number of thioether (sulfide) groups is 1. The highest BCUT2D eigenvalue weighted by molar-refractivity contribution is 7.99. The molecule has 2 aromatic heterocycles. The molecule has 0 saturated heterocycles. The lowest BCUT2D eigenvalue weighted by Gasteiger charge is -2.07. The van der Waals surface area contributed by atoms with Crippen LogP contribution in [0.3, 0.4) is 0 Å². The molecule has 2 heterocycles. The molecule has 4 nitrogen and oxygen atoms in total. The topological polar surface area (TPSA) is 46.9 Å². The van der Waals surface area contributed by atoms with Gasteiger partial charge in [0.25, 0.3) is 0 Å². The number of nitrogens with one attached hydrogen (secondary N) is 1. The zero-order valence-corrected chi connectivity index (χ0v) is 14.3. The van der Waals surface area contributed by atoms with Gasteiger partial charge in [-0.1, -0.05) is 18.2 Å². The van der Waals surface area contributed by atoms with Crippen molar-refractivity contribution in [2.45, 2.75) is 24.3 Å². The second-order valence-electron chi connectivity index (χ2n) is 5.54. The summed E-state index contributed by atoms with van der Waals surface area (Å²) in [7, 11) is 0. The fourth-order valence-corrected chi connectivity index (χ4v) is 3.42. The second kappa shape index (κ2) is 8.55. The molecule has 1 N–H and O–H groups in total. The van der Waals surface area contributed by atoms with E-state index in [1.54, 1.807) is 11.8 Å². The highest BCUT2D eigenvalue weighted by atomic mass is 32.2. The third-order valence-electron chi connectivity index (χ3n) is 3.76. The van der Waals surface area contributed by atoms with Gasteiger partial charge in [-0.15, -0.1) is 11.8 Å². The van der Waals surface area contributed by atoms with Crippen LogP contribution in [-0.4, -0.2) is 27.8 Å². The first-order valence-electron chi connectivity index (χ1n) is 8.17. The van der Waals surface area contributed by atoms with Gasteiger partial charge in [0.15, 0.2) is 0 Å². The van der Waals surface area contributed by atoms with Gasteiger partial charge < -0.3 is 9.88 Å². The monoisotopic (exact) mass is 339 g/mol. The van der Waals surface area contributed by atoms with Crippen molar-refractivity contribution in [1.29, 1.82) is 0 Å². The average molecular weight is 339 g/mol. The van der Waals surface area contributed by atoms with Gasteiger partial charge in [-0.2, -0.15) is 0 Å². The van der Waals surface area contributed by atoms with Crippen LogP contribution >= 0.6 is 11.8 Å². The molecule has 0 radical (unpaired) electrons. The standard InChI is InChI=1S/C19H21N3OS/c23-18(10-15-24-17-7-2-1-3-8-17)20-12-5-13-22-14-9-16-6-4-11-21-19(16)22/h1-4,6-9,11,14H,5,10,12-13,15H2,(H,20,23). The minimum Gasteiger partial charge on any atom is -0.356 e. The summed E-state index contributed by atoms with van der Waals surface area (Å²) in [6, 6.07) is 16.2. The van der Waals surface area contributed by atoms with Gasteiger partial charge in [0.1, 0.15) is 5.65 Å². The molecule has 0 aliphatic heterocycles. The first-order chi connectivity index (χ1) is 11.8. The number of amides is 1. The maximum atomic E-state index is 11.9. The zero-order chi connectivity index (χ0) is 16.6. The van der Waals surface area contributed by atoms with Crippen LogP contribution < -0.4 is 5.32 Å². The lowest BCUT2D eigenvalue weighted by atomic mass is 10.3. The molecule has 0 unspecified atom stereocenters. The summed E-state index contributed by atoms with van der Waals surface area (Å²) in [6.45, 7) is 1.56. The van der Waals surface area contributed by atoms with Crippen LogP contribution in [0.2, 0.25) is 0 Å². The number of hydrogen-bond donors (Lipinski definition) is 1. The lowest BCUT2D eigenvalue weighted by Crippen LogP contribution is -2.25. The van der Waals surface area contributed by atoms with Crippen molar-refractivity contribution in [2.24, 2.45) is 0 Å². The highest BCUT2D eigenvalue weighted by Gasteiger charge is 2.03. The summed E-state index contributed by atoms with van der Waals surface area (Å²) in [5, 5.41) is 4.15. The Morgan fingerprint density at radius 3 is 2.88 bits per heavy atom. The van der Waals surface area contributed by atoms with E-state index in [1.807, 2.05) is 30.5 Å². The molecule has 124 valence electrons. The van der Waals surface area contributed by atoms with E-state index >= 15 is 0 Å². The number of aromatic nitrogens is 2. The van der Waals surface area contributed by atoms with Crippen molar-refractivity contribution < 1.29 is 4.79 Å². The number of rotatable bonds is 8. The summed E-state index contributed by atoms with van der Waals surface area (Å²) in [6.07, 6.45) is 5.31. The van der Waals surface area contributed by atoms with Crippen LogP contribution in [0.5, 0.6) is 0 Å². The Kier molecular flexibility index (Phi) is 5.90. The molecule has 0 spiro atoms. The van der Waals surface area contributed by atoms with Crippen LogP contribution in [0.4, 0.5) is 0 Å². The minimum absolute atomic E-state index is 0.119. The number of carbonyl (C=O) groups excluding carboxylic acids is 1. The largest absolute Gasteiger partial charge is 0.356 e. The predicted molar refractivity (Wildman–Crippen MR) is 99.1 cm³/mol.